The molecule has 0 aromatic carbocycles. The minimum Gasteiger partial charge on any atom is -0.317 e. The summed E-state index contributed by atoms with van der Waals surface area (Å²) in [5, 5.41) is 7.35. The van der Waals surface area contributed by atoms with Gasteiger partial charge in [-0.3, -0.25) is 4.68 Å². The molecule has 0 bridgehead atoms. The van der Waals surface area contributed by atoms with Gasteiger partial charge in [-0.25, -0.2) is 9.71 Å². The Bertz CT molecular complexity index is 502. The smallest absolute Gasteiger partial charge is 0.279 e. The SMILES string of the molecule is CCCNCCCN(C)S(=O)(=O)NCCc1ncn(C)n1. The van der Waals surface area contributed by atoms with Crippen molar-refractivity contribution in [3.05, 3.63) is 12.2 Å². The van der Waals surface area contributed by atoms with Gasteiger partial charge in [0.1, 0.15) is 6.33 Å². The summed E-state index contributed by atoms with van der Waals surface area (Å²) in [5.74, 6) is 0.631. The molecule has 0 atom stereocenters. The van der Waals surface area contributed by atoms with Gasteiger partial charge < -0.3 is 5.32 Å². The number of aryl methyl sites for hydroxylation is 1. The summed E-state index contributed by atoms with van der Waals surface area (Å²) in [7, 11) is -0.0599. The van der Waals surface area contributed by atoms with Gasteiger partial charge in [0, 0.05) is 33.6 Å². The highest BCUT2D eigenvalue weighted by Gasteiger charge is 2.16. The predicted molar refractivity (Wildman–Crippen MR) is 82.0 cm³/mol. The number of aromatic nitrogens is 3. The van der Waals surface area contributed by atoms with E-state index in [-0.39, 0.29) is 0 Å². The van der Waals surface area contributed by atoms with E-state index in [4.69, 9.17) is 0 Å². The molecule has 8 nitrogen and oxygen atoms in total. The Morgan fingerprint density at radius 2 is 2.10 bits per heavy atom. The van der Waals surface area contributed by atoms with Gasteiger partial charge in [-0.05, 0) is 25.9 Å². The molecular formula is C12H26N6O2S. The standard InChI is InChI=1S/C12H26N6O2S/c1-4-7-13-8-5-10-18(3)21(19,20)15-9-6-12-14-11-17(2)16-12/h11,13,15H,4-10H2,1-3H3. The highest BCUT2D eigenvalue weighted by molar-refractivity contribution is 7.87. The average molecular weight is 318 g/mol. The van der Waals surface area contributed by atoms with Gasteiger partial charge >= 0.3 is 0 Å². The molecule has 9 heteroatoms. The summed E-state index contributed by atoms with van der Waals surface area (Å²) >= 11 is 0. The summed E-state index contributed by atoms with van der Waals surface area (Å²) in [4.78, 5) is 4.05. The van der Waals surface area contributed by atoms with E-state index in [2.05, 4.69) is 27.0 Å². The van der Waals surface area contributed by atoms with E-state index >= 15 is 0 Å². The lowest BCUT2D eigenvalue weighted by atomic mass is 10.4. The van der Waals surface area contributed by atoms with Gasteiger partial charge in [-0.1, -0.05) is 6.92 Å². The molecule has 0 aliphatic carbocycles. The highest BCUT2D eigenvalue weighted by Crippen LogP contribution is 1.96. The van der Waals surface area contributed by atoms with Crippen molar-refractivity contribution in [1.29, 1.82) is 0 Å². The van der Waals surface area contributed by atoms with Crippen molar-refractivity contribution in [3.8, 4) is 0 Å². The van der Waals surface area contributed by atoms with Crippen LogP contribution in [-0.2, 0) is 23.7 Å². The Hall–Kier alpha value is -1.03. The largest absolute Gasteiger partial charge is 0.317 e. The van der Waals surface area contributed by atoms with Crippen molar-refractivity contribution < 1.29 is 8.42 Å². The zero-order chi connectivity index (χ0) is 15.7. The van der Waals surface area contributed by atoms with E-state index in [1.807, 2.05) is 0 Å². The lowest BCUT2D eigenvalue weighted by Gasteiger charge is -2.17. The van der Waals surface area contributed by atoms with Gasteiger partial charge in [0.05, 0.1) is 0 Å². The summed E-state index contributed by atoms with van der Waals surface area (Å²) in [6, 6.07) is 0. The third-order valence-corrected chi connectivity index (χ3v) is 4.52. The zero-order valence-electron chi connectivity index (χ0n) is 13.0. The van der Waals surface area contributed by atoms with E-state index in [9.17, 15) is 8.42 Å². The molecule has 0 aliphatic rings. The van der Waals surface area contributed by atoms with E-state index < -0.39 is 10.2 Å². The van der Waals surface area contributed by atoms with Crippen molar-refractivity contribution in [1.82, 2.24) is 29.1 Å². The fraction of sp³-hybridized carbons (Fsp3) is 0.833. The molecule has 0 saturated heterocycles. The number of hydrogen-bond donors (Lipinski definition) is 2. The van der Waals surface area contributed by atoms with Gasteiger partial charge in [-0.2, -0.15) is 17.8 Å². The van der Waals surface area contributed by atoms with Crippen molar-refractivity contribution in [2.45, 2.75) is 26.2 Å². The van der Waals surface area contributed by atoms with Crippen LogP contribution in [-0.4, -0.2) is 60.7 Å². The Kier molecular flexibility index (Phi) is 7.79. The van der Waals surface area contributed by atoms with Crippen LogP contribution in [0.25, 0.3) is 0 Å². The normalized spacial score (nSPS) is 12.2. The molecule has 0 aliphatic heterocycles. The maximum absolute atomic E-state index is 12.0. The molecule has 1 rings (SSSR count). The third-order valence-electron chi connectivity index (χ3n) is 2.94. The summed E-state index contributed by atoms with van der Waals surface area (Å²) in [5.41, 5.74) is 0. The molecule has 2 N–H and O–H groups in total. The maximum Gasteiger partial charge on any atom is 0.279 e. The second-order valence-corrected chi connectivity index (χ2v) is 6.77. The van der Waals surface area contributed by atoms with E-state index in [0.717, 1.165) is 25.9 Å². The Morgan fingerprint density at radius 3 is 2.71 bits per heavy atom. The minimum absolute atomic E-state index is 0.296. The van der Waals surface area contributed by atoms with Gasteiger partial charge in [-0.15, -0.1) is 0 Å². The maximum atomic E-state index is 12.0. The fourth-order valence-electron chi connectivity index (χ4n) is 1.75. The highest BCUT2D eigenvalue weighted by atomic mass is 32.2. The molecule has 1 aromatic heterocycles. The van der Waals surface area contributed by atoms with Crippen molar-refractivity contribution in [2.75, 3.05) is 33.2 Å². The molecule has 1 aromatic rings. The second-order valence-electron chi connectivity index (χ2n) is 4.91. The number of hydrogen-bond acceptors (Lipinski definition) is 5. The summed E-state index contributed by atoms with van der Waals surface area (Å²) in [6.07, 6.45) is 3.95. The number of nitrogens with one attached hydrogen (secondary N) is 2. The quantitative estimate of drug-likeness (QED) is 0.537. The van der Waals surface area contributed by atoms with Gasteiger partial charge in [0.25, 0.3) is 10.2 Å². The summed E-state index contributed by atoms with van der Waals surface area (Å²) in [6.45, 7) is 4.68. The third kappa shape index (κ3) is 6.98. The first kappa shape index (κ1) is 18.0. The van der Waals surface area contributed by atoms with E-state index in [0.29, 0.717) is 25.3 Å². The molecule has 21 heavy (non-hydrogen) atoms. The zero-order valence-corrected chi connectivity index (χ0v) is 13.9. The molecule has 122 valence electrons. The molecule has 1 heterocycles. The second kappa shape index (κ2) is 9.08. The first-order chi connectivity index (χ1) is 9.95. The molecule has 0 fully saturated rings. The summed E-state index contributed by atoms with van der Waals surface area (Å²) < 4.78 is 29.5. The molecule has 0 amide bonds. The average Bonchev–Trinajstić information content (AvgIpc) is 2.83. The molecular weight excluding hydrogens is 292 g/mol. The molecule has 0 spiro atoms. The van der Waals surface area contributed by atoms with Gasteiger partial charge in [0.15, 0.2) is 5.82 Å². The monoisotopic (exact) mass is 318 g/mol. The van der Waals surface area contributed by atoms with Crippen LogP contribution in [0.5, 0.6) is 0 Å². The van der Waals surface area contributed by atoms with Crippen LogP contribution in [0.2, 0.25) is 0 Å². The van der Waals surface area contributed by atoms with Crippen LogP contribution in [0.1, 0.15) is 25.6 Å². The van der Waals surface area contributed by atoms with E-state index in [1.54, 1.807) is 25.1 Å². The Morgan fingerprint density at radius 1 is 1.33 bits per heavy atom. The van der Waals surface area contributed by atoms with Crippen molar-refractivity contribution in [2.24, 2.45) is 7.05 Å². The molecule has 0 unspecified atom stereocenters. The van der Waals surface area contributed by atoms with Crippen LogP contribution < -0.4 is 10.0 Å². The molecule has 0 radical (unpaired) electrons. The van der Waals surface area contributed by atoms with Crippen LogP contribution in [0.3, 0.4) is 0 Å². The first-order valence-corrected chi connectivity index (χ1v) is 8.66. The lowest BCUT2D eigenvalue weighted by Crippen LogP contribution is -2.40. The first-order valence-electron chi connectivity index (χ1n) is 7.22. The molecule has 0 saturated carbocycles. The van der Waals surface area contributed by atoms with Crippen molar-refractivity contribution in [3.63, 3.8) is 0 Å². The van der Waals surface area contributed by atoms with E-state index in [1.165, 1.54) is 4.31 Å². The fourth-order valence-corrected chi connectivity index (χ4v) is 2.70. The van der Waals surface area contributed by atoms with Crippen molar-refractivity contribution >= 4 is 10.2 Å². The Labute approximate surface area is 127 Å². The van der Waals surface area contributed by atoms with Crippen LogP contribution in [0, 0.1) is 0 Å². The number of rotatable bonds is 11. The Balaban J connectivity index is 2.24. The minimum atomic E-state index is -3.42. The van der Waals surface area contributed by atoms with Gasteiger partial charge in [0.2, 0.25) is 0 Å². The van der Waals surface area contributed by atoms with Crippen LogP contribution in [0.4, 0.5) is 0 Å². The topological polar surface area (TPSA) is 92.2 Å². The van der Waals surface area contributed by atoms with Crippen LogP contribution in [0.15, 0.2) is 6.33 Å². The van der Waals surface area contributed by atoms with Crippen LogP contribution >= 0.6 is 0 Å². The lowest BCUT2D eigenvalue weighted by molar-refractivity contribution is 0.444. The number of nitrogens with zero attached hydrogens (tertiary/aromatic N) is 4. The predicted octanol–water partition coefficient (Wildman–Crippen LogP) is -0.486.